The van der Waals surface area contributed by atoms with Crippen LogP contribution in [0.4, 0.5) is 10.5 Å². The van der Waals surface area contributed by atoms with Crippen molar-refractivity contribution in [3.63, 3.8) is 0 Å². The number of rotatable bonds is 6. The molecule has 25 heavy (non-hydrogen) atoms. The van der Waals surface area contributed by atoms with Crippen molar-refractivity contribution in [2.24, 2.45) is 0 Å². The molecule has 0 aliphatic rings. The molecule has 0 saturated heterocycles. The number of carbonyl (C=O) groups is 1. The first-order valence-electron chi connectivity index (χ1n) is 7.36. The number of carbonyl (C=O) groups excluding carboxylic acids is 1. The summed E-state index contributed by atoms with van der Waals surface area (Å²) in [6.07, 6.45) is 0.526. The van der Waals surface area contributed by atoms with Gasteiger partial charge in [-0.3, -0.25) is 4.84 Å². The van der Waals surface area contributed by atoms with Crippen LogP contribution in [0, 0.1) is 0 Å². The maximum atomic E-state index is 11.8. The molecule has 1 N–H and O–H groups in total. The van der Waals surface area contributed by atoms with Crippen molar-refractivity contribution in [2.75, 3.05) is 26.1 Å². The van der Waals surface area contributed by atoms with E-state index < -0.39 is 0 Å². The monoisotopic (exact) mass is 402 g/mol. The first-order valence-corrected chi connectivity index (χ1v) is 8.49. The van der Waals surface area contributed by atoms with Gasteiger partial charge in [0.1, 0.15) is 5.75 Å². The van der Waals surface area contributed by atoms with Crippen LogP contribution in [-0.4, -0.2) is 31.9 Å². The van der Waals surface area contributed by atoms with E-state index in [9.17, 15) is 4.79 Å². The number of nitrogens with one attached hydrogen (secondary N) is 1. The highest BCUT2D eigenvalue weighted by Gasteiger charge is 2.10. The Bertz CT molecular complexity index is 733. The number of ether oxygens (including phenoxy) is 1. The van der Waals surface area contributed by atoms with Gasteiger partial charge >= 0.3 is 6.03 Å². The van der Waals surface area contributed by atoms with Gasteiger partial charge in [0, 0.05) is 40.3 Å². The second-order valence-electron chi connectivity index (χ2n) is 5.08. The second kappa shape index (κ2) is 9.15. The maximum Gasteiger partial charge on any atom is 0.345 e. The minimum Gasteiger partial charge on any atom is -0.493 e. The number of halogens is 3. The molecule has 2 aromatic carbocycles. The molecule has 5 nitrogen and oxygen atoms in total. The summed E-state index contributed by atoms with van der Waals surface area (Å²) in [5.74, 6) is 0.610. The molecule has 0 spiro atoms. The lowest BCUT2D eigenvalue weighted by Crippen LogP contribution is -2.30. The Kier molecular flexibility index (Phi) is 7.20. The predicted octanol–water partition coefficient (Wildman–Crippen LogP) is 5.29. The van der Waals surface area contributed by atoms with Gasteiger partial charge in [0.05, 0.1) is 13.7 Å². The number of nitrogens with zero attached hydrogens (tertiary/aromatic N) is 1. The molecule has 2 amide bonds. The quantitative estimate of drug-likeness (QED) is 0.666. The van der Waals surface area contributed by atoms with E-state index in [4.69, 9.17) is 44.4 Å². The number of hydrogen-bond acceptors (Lipinski definition) is 3. The first-order chi connectivity index (χ1) is 11.9. The number of hydrogen-bond donors (Lipinski definition) is 1. The van der Waals surface area contributed by atoms with Crippen LogP contribution >= 0.6 is 34.8 Å². The lowest BCUT2D eigenvalue weighted by atomic mass is 10.1. The van der Waals surface area contributed by atoms with E-state index in [0.29, 0.717) is 39.5 Å². The standard InChI is InChI=1S/C17H17Cl3N2O3/c1-22(24-2)17(23)21-12-4-3-5-13(10-12)25-7-6-14-15(19)8-11(18)9-16(14)20/h3-5,8-10H,6-7H2,1-2H3,(H,21,23). The summed E-state index contributed by atoms with van der Waals surface area (Å²) in [5, 5.41) is 5.27. The van der Waals surface area contributed by atoms with Gasteiger partial charge in [0.2, 0.25) is 0 Å². The topological polar surface area (TPSA) is 50.8 Å². The van der Waals surface area contributed by atoms with Crippen molar-refractivity contribution in [3.05, 3.63) is 57.0 Å². The van der Waals surface area contributed by atoms with Crippen molar-refractivity contribution < 1.29 is 14.4 Å². The molecule has 0 aliphatic heterocycles. The summed E-state index contributed by atoms with van der Waals surface area (Å²) in [4.78, 5) is 16.6. The number of hydroxylamine groups is 2. The molecule has 2 rings (SSSR count). The second-order valence-corrected chi connectivity index (χ2v) is 6.34. The van der Waals surface area contributed by atoms with Gasteiger partial charge in [0.25, 0.3) is 0 Å². The largest absolute Gasteiger partial charge is 0.493 e. The fraction of sp³-hybridized carbons (Fsp3) is 0.235. The van der Waals surface area contributed by atoms with Crippen molar-refractivity contribution in [2.45, 2.75) is 6.42 Å². The van der Waals surface area contributed by atoms with E-state index >= 15 is 0 Å². The third-order valence-electron chi connectivity index (χ3n) is 3.37. The van der Waals surface area contributed by atoms with E-state index in [1.54, 1.807) is 36.4 Å². The normalized spacial score (nSPS) is 10.4. The lowest BCUT2D eigenvalue weighted by molar-refractivity contribution is -0.0598. The van der Waals surface area contributed by atoms with Crippen LogP contribution in [0.5, 0.6) is 5.75 Å². The minimum atomic E-state index is -0.389. The van der Waals surface area contributed by atoms with Crippen LogP contribution in [-0.2, 0) is 11.3 Å². The fourth-order valence-electron chi connectivity index (χ4n) is 2.03. The highest BCUT2D eigenvalue weighted by molar-refractivity contribution is 6.39. The van der Waals surface area contributed by atoms with E-state index in [2.05, 4.69) is 5.32 Å². The maximum absolute atomic E-state index is 11.8. The van der Waals surface area contributed by atoms with Gasteiger partial charge in [-0.15, -0.1) is 0 Å². The average Bonchev–Trinajstić information content (AvgIpc) is 2.56. The van der Waals surface area contributed by atoms with Crippen molar-refractivity contribution in [1.29, 1.82) is 0 Å². The summed E-state index contributed by atoms with van der Waals surface area (Å²) in [7, 11) is 2.92. The molecule has 0 unspecified atom stereocenters. The third-order valence-corrected chi connectivity index (χ3v) is 4.26. The van der Waals surface area contributed by atoms with Gasteiger partial charge < -0.3 is 10.1 Å². The highest BCUT2D eigenvalue weighted by atomic mass is 35.5. The van der Waals surface area contributed by atoms with E-state index in [-0.39, 0.29) is 6.03 Å². The molecule has 2 aromatic rings. The van der Waals surface area contributed by atoms with Crippen molar-refractivity contribution in [3.8, 4) is 5.75 Å². The molecule has 8 heteroatoms. The van der Waals surface area contributed by atoms with E-state index in [0.717, 1.165) is 10.6 Å². The van der Waals surface area contributed by atoms with Crippen LogP contribution in [0.1, 0.15) is 5.56 Å². The summed E-state index contributed by atoms with van der Waals surface area (Å²) in [5.41, 5.74) is 1.37. The number of benzene rings is 2. The zero-order valence-corrected chi connectivity index (χ0v) is 16.0. The highest BCUT2D eigenvalue weighted by Crippen LogP contribution is 2.29. The molecule has 0 bridgehead atoms. The molecule has 0 heterocycles. The molecule has 0 aliphatic carbocycles. The third kappa shape index (κ3) is 5.68. The van der Waals surface area contributed by atoms with Crippen LogP contribution < -0.4 is 10.1 Å². The fourth-order valence-corrected chi connectivity index (χ4v) is 3.04. The van der Waals surface area contributed by atoms with Gasteiger partial charge in [-0.2, -0.15) is 0 Å². The smallest absolute Gasteiger partial charge is 0.345 e. The summed E-state index contributed by atoms with van der Waals surface area (Å²) < 4.78 is 5.71. The van der Waals surface area contributed by atoms with Gasteiger partial charge in [0.15, 0.2) is 0 Å². The number of anilines is 1. The molecule has 0 fully saturated rings. The lowest BCUT2D eigenvalue weighted by Gasteiger charge is -2.15. The molecule has 0 saturated carbocycles. The predicted molar refractivity (Wildman–Crippen MR) is 101 cm³/mol. The Balaban J connectivity index is 1.96. The van der Waals surface area contributed by atoms with E-state index in [1.807, 2.05) is 0 Å². The summed E-state index contributed by atoms with van der Waals surface area (Å²) in [6, 6.07) is 9.94. The van der Waals surface area contributed by atoms with E-state index in [1.165, 1.54) is 14.2 Å². The van der Waals surface area contributed by atoms with Crippen LogP contribution in [0.2, 0.25) is 15.1 Å². The molecular formula is C17H17Cl3N2O3. The Hall–Kier alpha value is -1.66. The average molecular weight is 404 g/mol. The molecule has 134 valence electrons. The van der Waals surface area contributed by atoms with Crippen molar-refractivity contribution in [1.82, 2.24) is 5.06 Å². The Labute approximate surface area is 161 Å². The van der Waals surface area contributed by atoms with Gasteiger partial charge in [-0.1, -0.05) is 40.9 Å². The van der Waals surface area contributed by atoms with Crippen LogP contribution in [0.3, 0.4) is 0 Å². The molecular weight excluding hydrogens is 387 g/mol. The van der Waals surface area contributed by atoms with Crippen molar-refractivity contribution >= 4 is 46.5 Å². The Morgan fingerprint density at radius 2 is 1.84 bits per heavy atom. The number of amides is 2. The zero-order valence-electron chi connectivity index (χ0n) is 13.7. The summed E-state index contributed by atoms with van der Waals surface area (Å²) in [6.45, 7) is 0.371. The summed E-state index contributed by atoms with van der Waals surface area (Å²) >= 11 is 18.2. The molecule has 0 atom stereocenters. The Morgan fingerprint density at radius 1 is 1.16 bits per heavy atom. The van der Waals surface area contributed by atoms with Crippen LogP contribution in [0.25, 0.3) is 0 Å². The zero-order chi connectivity index (χ0) is 18.4. The number of urea groups is 1. The van der Waals surface area contributed by atoms with Crippen LogP contribution in [0.15, 0.2) is 36.4 Å². The molecule has 0 radical (unpaired) electrons. The molecule has 0 aromatic heterocycles. The SMILES string of the molecule is CON(C)C(=O)Nc1cccc(OCCc2c(Cl)cc(Cl)cc2Cl)c1. The Morgan fingerprint density at radius 3 is 2.48 bits per heavy atom. The minimum absolute atomic E-state index is 0.371. The first kappa shape index (κ1) is 19.7. The van der Waals surface area contributed by atoms with Gasteiger partial charge in [-0.25, -0.2) is 9.86 Å². The van der Waals surface area contributed by atoms with Gasteiger partial charge in [-0.05, 0) is 29.8 Å².